The summed E-state index contributed by atoms with van der Waals surface area (Å²) in [5.41, 5.74) is 12.4. The minimum Gasteiger partial charge on any atom is -0.494 e. The van der Waals surface area contributed by atoms with Crippen LogP contribution in [0.4, 0.5) is 0 Å². The monoisotopic (exact) mass is 997 g/mol. The van der Waals surface area contributed by atoms with Crippen molar-refractivity contribution in [1.29, 1.82) is 0 Å². The number of carboxylic acid groups (broad SMARTS) is 1. The van der Waals surface area contributed by atoms with E-state index in [0.29, 0.717) is 62.3 Å². The van der Waals surface area contributed by atoms with Crippen molar-refractivity contribution in [1.82, 2.24) is 34.9 Å². The summed E-state index contributed by atoms with van der Waals surface area (Å²) < 4.78 is 0. The molecular weight excluding hydrogens is 925 g/mol. The van der Waals surface area contributed by atoms with E-state index < -0.39 is 5.97 Å². The first-order valence-electron chi connectivity index (χ1n) is 24.8. The zero-order valence-corrected chi connectivity index (χ0v) is 43.5. The van der Waals surface area contributed by atoms with Gasteiger partial charge in [-0.3, -0.25) is 24.4 Å². The number of Topliss-reactive ketones (excluding diaryl/α,β-unsaturated/α-hetero) is 2. The summed E-state index contributed by atoms with van der Waals surface area (Å²) in [6.45, 7) is 9.91. The molecule has 2 saturated heterocycles. The van der Waals surface area contributed by atoms with Gasteiger partial charge in [-0.05, 0) is 169 Å². The van der Waals surface area contributed by atoms with Gasteiger partial charge in [-0.2, -0.15) is 0 Å². The lowest BCUT2D eigenvalue weighted by Gasteiger charge is -2.27. The van der Waals surface area contributed by atoms with E-state index in [2.05, 4.69) is 44.1 Å². The first kappa shape index (κ1) is 55.3. The highest BCUT2D eigenvalue weighted by atomic mass is 16.4. The number of benzene rings is 4. The Morgan fingerprint density at radius 2 is 0.973 bits per heavy atom. The summed E-state index contributed by atoms with van der Waals surface area (Å²) in [6.07, 6.45) is 3.65. The van der Waals surface area contributed by atoms with Crippen molar-refractivity contribution >= 4 is 56.7 Å². The van der Waals surface area contributed by atoms with Crippen LogP contribution in [0.2, 0.25) is 0 Å². The van der Waals surface area contributed by atoms with Crippen molar-refractivity contribution in [3.63, 3.8) is 0 Å². The van der Waals surface area contributed by atoms with Gasteiger partial charge in [0, 0.05) is 75.8 Å². The number of rotatable bonds is 15. The highest BCUT2D eigenvalue weighted by Crippen LogP contribution is 2.34. The Balaban J connectivity index is 0.000000216. The maximum atomic E-state index is 12.6. The minimum atomic E-state index is -0.999. The molecule has 4 heterocycles. The molecule has 17 nitrogen and oxygen atoms in total. The van der Waals surface area contributed by atoms with Gasteiger partial charge in [0.1, 0.15) is 0 Å². The number of nitrogens with zero attached hydrogens (tertiary/aromatic N) is 6. The maximum absolute atomic E-state index is 12.6. The number of aromatic carboxylic acids is 1. The van der Waals surface area contributed by atoms with Gasteiger partial charge in [-0.1, -0.05) is 24.3 Å². The number of hydrogen-bond donors (Lipinski definition) is 7. The number of H-pyrrole nitrogens is 2. The molecule has 0 radical (unpaired) electrons. The lowest BCUT2D eigenvalue weighted by molar-refractivity contribution is 0.0696. The van der Waals surface area contributed by atoms with Crippen LogP contribution in [0.5, 0.6) is 11.8 Å². The summed E-state index contributed by atoms with van der Waals surface area (Å²) in [4.78, 5) is 72.6. The van der Waals surface area contributed by atoms with Crippen LogP contribution in [0.1, 0.15) is 103 Å². The van der Waals surface area contributed by atoms with Gasteiger partial charge >= 0.3 is 5.97 Å². The summed E-state index contributed by atoms with van der Waals surface area (Å²) in [7, 11) is 12.1. The molecule has 2 aliphatic heterocycles. The molecule has 1 amide bonds. The molecule has 2 aromatic heterocycles. The number of aromatic amines is 2. The number of nitrogens with two attached hydrogens (primary N) is 1. The van der Waals surface area contributed by atoms with Crippen molar-refractivity contribution in [3.8, 4) is 11.8 Å². The van der Waals surface area contributed by atoms with Crippen LogP contribution in [0.15, 0.2) is 94.9 Å². The zero-order chi connectivity index (χ0) is 52.9. The number of amides is 1. The molecule has 2 aliphatic rings. The second-order valence-electron chi connectivity index (χ2n) is 19.5. The molecular formula is C56H72N10O7. The Bertz CT molecular complexity index is 2920. The van der Waals surface area contributed by atoms with Crippen LogP contribution in [0.25, 0.3) is 21.8 Å². The summed E-state index contributed by atoms with van der Waals surface area (Å²) in [5, 5.41) is 35.4. The largest absolute Gasteiger partial charge is 0.494 e. The van der Waals surface area contributed by atoms with Crippen LogP contribution < -0.4 is 11.1 Å². The van der Waals surface area contributed by atoms with Crippen molar-refractivity contribution in [3.05, 3.63) is 129 Å². The average molecular weight is 997 g/mol. The number of aliphatic imine (C=N–C) groups is 2. The maximum Gasteiger partial charge on any atom is 0.335 e. The lowest BCUT2D eigenvalue weighted by atomic mass is 9.97. The fraction of sp³-hybridized carbons (Fsp3) is 0.393. The third kappa shape index (κ3) is 14.8. The van der Waals surface area contributed by atoms with Gasteiger partial charge < -0.3 is 55.9 Å². The van der Waals surface area contributed by atoms with E-state index in [1.807, 2.05) is 51.3 Å². The number of fused-ring (bicyclic) bond motifs is 2. The Morgan fingerprint density at radius 3 is 1.32 bits per heavy atom. The van der Waals surface area contributed by atoms with Gasteiger partial charge in [0.2, 0.25) is 0 Å². The molecule has 0 spiro atoms. The van der Waals surface area contributed by atoms with Gasteiger partial charge in [0.25, 0.3) is 5.91 Å². The third-order valence-corrected chi connectivity index (χ3v) is 13.1. The number of piperidine rings is 2. The fourth-order valence-corrected chi connectivity index (χ4v) is 8.76. The number of aromatic nitrogens is 2. The second kappa shape index (κ2) is 25.6. The van der Waals surface area contributed by atoms with Crippen LogP contribution in [-0.2, 0) is 0 Å². The van der Waals surface area contributed by atoms with Crippen molar-refractivity contribution in [2.75, 3.05) is 94.6 Å². The normalized spacial score (nSPS) is 15.3. The zero-order valence-electron chi connectivity index (χ0n) is 43.5. The van der Waals surface area contributed by atoms with Gasteiger partial charge in [-0.25, -0.2) is 4.79 Å². The molecule has 0 saturated carbocycles. The molecule has 17 heteroatoms. The van der Waals surface area contributed by atoms with Gasteiger partial charge in [0.15, 0.2) is 23.3 Å². The van der Waals surface area contributed by atoms with Gasteiger partial charge in [-0.15, -0.1) is 0 Å². The van der Waals surface area contributed by atoms with E-state index in [1.54, 1.807) is 54.6 Å². The predicted molar refractivity (Wildman–Crippen MR) is 291 cm³/mol. The molecule has 0 atom stereocenters. The number of carboxylic acids is 1. The number of likely N-dealkylation sites (tertiary alicyclic amines) is 2. The first-order chi connectivity index (χ1) is 34.8. The number of aromatic hydroxyl groups is 2. The average Bonchev–Trinajstić information content (AvgIpc) is 3.87. The topological polar surface area (TPSA) is 236 Å². The smallest absolute Gasteiger partial charge is 0.335 e. The van der Waals surface area contributed by atoms with Crippen LogP contribution in [0, 0.1) is 0 Å². The van der Waals surface area contributed by atoms with Crippen molar-refractivity contribution in [2.24, 2.45) is 15.7 Å². The van der Waals surface area contributed by atoms with E-state index >= 15 is 0 Å². The Labute approximate surface area is 427 Å². The quantitative estimate of drug-likeness (QED) is 0.0431. The van der Waals surface area contributed by atoms with E-state index in [1.165, 1.54) is 26.0 Å². The first-order valence-corrected chi connectivity index (χ1v) is 24.8. The number of likely N-dealkylation sites (N-methyl/N-ethyl adjacent to an activating group) is 2. The highest BCUT2D eigenvalue weighted by Gasteiger charge is 2.25. The number of ketones is 2. The lowest BCUT2D eigenvalue weighted by Crippen LogP contribution is -2.32. The molecule has 2 fully saturated rings. The molecule has 6 aromatic rings. The van der Waals surface area contributed by atoms with Gasteiger partial charge in [0.05, 0.1) is 40.2 Å². The molecule has 8 N–H and O–H groups in total. The summed E-state index contributed by atoms with van der Waals surface area (Å²) >= 11 is 0. The second-order valence-corrected chi connectivity index (χ2v) is 19.5. The molecule has 0 aliphatic carbocycles. The third-order valence-electron chi connectivity index (χ3n) is 13.1. The van der Waals surface area contributed by atoms with Crippen LogP contribution >= 0.6 is 0 Å². The molecule has 388 valence electrons. The molecule has 8 rings (SSSR count). The Morgan fingerprint density at radius 1 is 0.603 bits per heavy atom. The Hall–Kier alpha value is -7.02. The number of carbonyl (C=O) groups is 4. The summed E-state index contributed by atoms with van der Waals surface area (Å²) in [5.74, 6) is -1.23. The number of carbonyl (C=O) groups excluding carboxylic acids is 3. The highest BCUT2D eigenvalue weighted by molar-refractivity contribution is 6.23. The van der Waals surface area contributed by atoms with E-state index in [4.69, 9.17) is 15.7 Å². The molecule has 0 bridgehead atoms. The van der Waals surface area contributed by atoms with Crippen molar-refractivity contribution in [2.45, 2.75) is 51.6 Å². The number of nitrogens with one attached hydrogen (secondary N) is 3. The minimum absolute atomic E-state index is 0.0166. The standard InChI is InChI=1S/C28H35N5O3.C24H25N3O4.C4H12N2/c1-18(34)21-9-10-24-23(17-21)25(28(36)31-24)26(30-22-11-14-33(4)15-12-22)19-5-7-20(8-6-19)27(35)29-13-16-32(2)3;1-14(28)17-7-8-20-19(13-17)21(23(29)26-20)22(25-18-9-11-27(2)12-10-18)15-3-5-16(6-4-15)24(30)31;1-6(2)4-3-5/h5-10,17,22,31,36H,11-16H2,1-4H3,(H,29,35);3-8,13,18,26,29H,9-12H2,1-2H3,(H,30,31);3-5H2,1-2H3. The van der Waals surface area contributed by atoms with Crippen molar-refractivity contribution < 1.29 is 34.5 Å². The van der Waals surface area contributed by atoms with Crippen LogP contribution in [-0.4, -0.2) is 186 Å². The van der Waals surface area contributed by atoms with E-state index in [9.17, 15) is 34.5 Å². The Kier molecular flexibility index (Phi) is 19.4. The predicted octanol–water partition coefficient (Wildman–Crippen LogP) is 6.51. The fourth-order valence-electron chi connectivity index (χ4n) is 8.76. The SMILES string of the molecule is CC(=O)c1ccc2[nH]c(O)c(C(=NC3CCN(C)CC3)c3ccc(C(=O)NCCN(C)C)cc3)c2c1.CC(=O)c1ccc2[nH]c(O)c(C(=NC3CCN(C)CC3)c3ccc(C(=O)O)cc3)c2c1.CN(C)CCN. The number of hydrogen-bond acceptors (Lipinski definition) is 13. The van der Waals surface area contributed by atoms with E-state index in [0.717, 1.165) is 88.0 Å². The summed E-state index contributed by atoms with van der Waals surface area (Å²) in [6, 6.07) is 24.7. The molecule has 0 unspecified atom stereocenters. The van der Waals surface area contributed by atoms with E-state index in [-0.39, 0.29) is 46.9 Å². The molecule has 4 aromatic carbocycles. The molecule has 73 heavy (non-hydrogen) atoms. The van der Waals surface area contributed by atoms with Crippen LogP contribution in [0.3, 0.4) is 0 Å².